The highest BCUT2D eigenvalue weighted by atomic mass is 19.3. The van der Waals surface area contributed by atoms with Crippen LogP contribution in [0.3, 0.4) is 0 Å². The van der Waals surface area contributed by atoms with Gasteiger partial charge in [0.2, 0.25) is 5.56 Å². The number of hydrogen-bond donors (Lipinski definition) is 1. The van der Waals surface area contributed by atoms with E-state index in [0.29, 0.717) is 0 Å². The van der Waals surface area contributed by atoms with Crippen molar-refractivity contribution in [3.05, 3.63) is 34.2 Å². The molecule has 7 heteroatoms. The van der Waals surface area contributed by atoms with E-state index in [9.17, 15) is 23.5 Å². The van der Waals surface area contributed by atoms with E-state index in [2.05, 4.69) is 0 Å². The van der Waals surface area contributed by atoms with Crippen molar-refractivity contribution in [3.8, 4) is 0 Å². The molecule has 1 aromatic rings. The first kappa shape index (κ1) is 17.4. The van der Waals surface area contributed by atoms with E-state index in [4.69, 9.17) is 0 Å². The normalized spacial score (nSPS) is 24.5. The van der Waals surface area contributed by atoms with Gasteiger partial charge in [0, 0.05) is 32.3 Å². The molecule has 2 heterocycles. The van der Waals surface area contributed by atoms with Crippen LogP contribution in [0.5, 0.6) is 0 Å². The Labute approximate surface area is 133 Å². The summed E-state index contributed by atoms with van der Waals surface area (Å²) < 4.78 is 30.6. The van der Waals surface area contributed by atoms with Gasteiger partial charge in [0.15, 0.2) is 0 Å². The zero-order valence-corrected chi connectivity index (χ0v) is 13.7. The van der Waals surface area contributed by atoms with Crippen LogP contribution in [0, 0.1) is 5.41 Å². The number of alkyl halides is 2. The summed E-state index contributed by atoms with van der Waals surface area (Å²) in [7, 11) is 1.49. The quantitative estimate of drug-likeness (QED) is 0.862. The maximum Gasteiger partial charge on any atom is 0.407 e. The van der Waals surface area contributed by atoms with Gasteiger partial charge in [-0.2, -0.15) is 0 Å². The Kier molecular flexibility index (Phi) is 4.26. The third kappa shape index (κ3) is 3.23. The van der Waals surface area contributed by atoms with E-state index in [1.54, 1.807) is 20.8 Å². The van der Waals surface area contributed by atoms with Crippen molar-refractivity contribution in [2.45, 2.75) is 45.1 Å². The minimum Gasteiger partial charge on any atom is -0.465 e. The van der Waals surface area contributed by atoms with E-state index in [1.165, 1.54) is 29.9 Å². The van der Waals surface area contributed by atoms with Crippen LogP contribution in [-0.4, -0.2) is 39.2 Å². The van der Waals surface area contributed by atoms with Crippen molar-refractivity contribution in [2.24, 2.45) is 12.5 Å². The Balaban J connectivity index is 2.62. The monoisotopic (exact) mass is 328 g/mol. The first-order valence-electron chi connectivity index (χ1n) is 7.49. The van der Waals surface area contributed by atoms with Crippen molar-refractivity contribution in [1.82, 2.24) is 9.47 Å². The fourth-order valence-electron chi connectivity index (χ4n) is 3.38. The average molecular weight is 328 g/mol. The summed E-state index contributed by atoms with van der Waals surface area (Å²) in [5, 5.41) is 9.43. The molecule has 1 fully saturated rings. The zero-order valence-electron chi connectivity index (χ0n) is 13.7. The van der Waals surface area contributed by atoms with E-state index in [0.717, 1.165) is 4.90 Å². The SMILES string of the molecule is Cn1cc(C2C(C(C)(C)C)N(C(=O)O)CCC2(F)F)ccc1=O. The number of rotatable bonds is 1. The Bertz CT molecular complexity index is 664. The summed E-state index contributed by atoms with van der Waals surface area (Å²) in [5.74, 6) is -4.33. The number of aryl methyl sites for hydroxylation is 1. The molecular formula is C16H22F2N2O3. The number of pyridine rings is 1. The number of carbonyl (C=O) groups is 1. The molecule has 2 rings (SSSR count). The number of halogens is 2. The molecule has 0 aromatic carbocycles. The summed E-state index contributed by atoms with van der Waals surface area (Å²) in [6.07, 6.45) is -0.347. The minimum atomic E-state index is -3.04. The number of nitrogens with zero attached hydrogens (tertiary/aromatic N) is 2. The van der Waals surface area contributed by atoms with E-state index < -0.39 is 35.8 Å². The smallest absolute Gasteiger partial charge is 0.407 e. The second-order valence-corrected chi connectivity index (χ2v) is 7.19. The number of amides is 1. The fourth-order valence-corrected chi connectivity index (χ4v) is 3.38. The first-order chi connectivity index (χ1) is 10.4. The lowest BCUT2D eigenvalue weighted by Gasteiger charge is -2.49. The molecular weight excluding hydrogens is 306 g/mol. The first-order valence-corrected chi connectivity index (χ1v) is 7.49. The second kappa shape index (κ2) is 5.62. The molecule has 2 unspecified atom stereocenters. The Morgan fingerprint density at radius 2 is 1.96 bits per heavy atom. The molecule has 1 saturated heterocycles. The molecule has 0 saturated carbocycles. The van der Waals surface area contributed by atoms with Crippen LogP contribution in [0.2, 0.25) is 0 Å². The van der Waals surface area contributed by atoms with Crippen molar-refractivity contribution in [1.29, 1.82) is 0 Å². The number of piperidine rings is 1. The van der Waals surface area contributed by atoms with Crippen LogP contribution in [0.1, 0.15) is 38.7 Å². The molecule has 128 valence electrons. The minimum absolute atomic E-state index is 0.202. The maximum atomic E-state index is 14.7. The molecule has 5 nitrogen and oxygen atoms in total. The third-order valence-electron chi connectivity index (χ3n) is 4.39. The van der Waals surface area contributed by atoms with Crippen molar-refractivity contribution >= 4 is 6.09 Å². The molecule has 0 spiro atoms. The summed E-state index contributed by atoms with van der Waals surface area (Å²) in [6.45, 7) is 5.06. The molecule has 1 aliphatic rings. The molecule has 1 N–H and O–H groups in total. The van der Waals surface area contributed by atoms with Crippen LogP contribution in [0.25, 0.3) is 0 Å². The average Bonchev–Trinajstić information content (AvgIpc) is 2.39. The second-order valence-electron chi connectivity index (χ2n) is 7.19. The van der Waals surface area contributed by atoms with Gasteiger partial charge in [0.1, 0.15) is 0 Å². The molecule has 1 aromatic heterocycles. The van der Waals surface area contributed by atoms with Crippen molar-refractivity contribution in [2.75, 3.05) is 6.54 Å². The lowest BCUT2D eigenvalue weighted by molar-refractivity contribution is -0.113. The van der Waals surface area contributed by atoms with Gasteiger partial charge >= 0.3 is 6.09 Å². The predicted molar refractivity (Wildman–Crippen MR) is 82.0 cm³/mol. The van der Waals surface area contributed by atoms with Crippen LogP contribution in [0.15, 0.2) is 23.1 Å². The Hall–Kier alpha value is -1.92. The topological polar surface area (TPSA) is 62.5 Å². The summed E-state index contributed by atoms with van der Waals surface area (Å²) in [5.41, 5.74) is -0.694. The summed E-state index contributed by atoms with van der Waals surface area (Å²) in [4.78, 5) is 24.2. The van der Waals surface area contributed by atoms with Gasteiger partial charge in [-0.3, -0.25) is 4.79 Å². The number of aromatic nitrogens is 1. The van der Waals surface area contributed by atoms with Crippen LogP contribution < -0.4 is 5.56 Å². The third-order valence-corrected chi connectivity index (χ3v) is 4.39. The molecule has 0 bridgehead atoms. The van der Waals surface area contributed by atoms with Crippen LogP contribution in [-0.2, 0) is 7.05 Å². The number of hydrogen-bond acceptors (Lipinski definition) is 2. The van der Waals surface area contributed by atoms with E-state index in [1.807, 2.05) is 0 Å². The lowest BCUT2D eigenvalue weighted by Crippen LogP contribution is -2.59. The van der Waals surface area contributed by atoms with Gasteiger partial charge in [-0.1, -0.05) is 26.8 Å². The van der Waals surface area contributed by atoms with Gasteiger partial charge in [-0.05, 0) is 11.0 Å². The Morgan fingerprint density at radius 1 is 1.35 bits per heavy atom. The van der Waals surface area contributed by atoms with Gasteiger partial charge < -0.3 is 14.6 Å². The van der Waals surface area contributed by atoms with E-state index >= 15 is 0 Å². The summed E-state index contributed by atoms with van der Waals surface area (Å²) in [6, 6.07) is 1.73. The number of likely N-dealkylation sites (tertiary alicyclic amines) is 1. The van der Waals surface area contributed by atoms with Crippen LogP contribution in [0.4, 0.5) is 13.6 Å². The zero-order chi connectivity index (χ0) is 17.6. The Morgan fingerprint density at radius 3 is 2.43 bits per heavy atom. The van der Waals surface area contributed by atoms with E-state index in [-0.39, 0.29) is 17.7 Å². The fraction of sp³-hybridized carbons (Fsp3) is 0.625. The maximum absolute atomic E-state index is 14.7. The van der Waals surface area contributed by atoms with Gasteiger partial charge in [-0.15, -0.1) is 0 Å². The molecule has 0 aliphatic carbocycles. The van der Waals surface area contributed by atoms with Crippen LogP contribution >= 0.6 is 0 Å². The molecule has 1 amide bonds. The highest BCUT2D eigenvalue weighted by molar-refractivity contribution is 5.66. The predicted octanol–water partition coefficient (Wildman–Crippen LogP) is 2.90. The lowest BCUT2D eigenvalue weighted by atomic mass is 9.70. The van der Waals surface area contributed by atoms with Crippen molar-refractivity contribution < 1.29 is 18.7 Å². The van der Waals surface area contributed by atoms with Gasteiger partial charge in [0.05, 0.1) is 12.0 Å². The standard InChI is InChI=1S/C16H22F2N2O3/c1-15(2,3)13-12(10-5-6-11(21)19(4)9-10)16(17,18)7-8-20(13)14(22)23/h5-6,9,12-13H,7-8H2,1-4H3,(H,22,23). The molecule has 0 radical (unpaired) electrons. The van der Waals surface area contributed by atoms with Gasteiger partial charge in [0.25, 0.3) is 5.92 Å². The summed E-state index contributed by atoms with van der Waals surface area (Å²) >= 11 is 0. The van der Waals surface area contributed by atoms with Gasteiger partial charge in [-0.25, -0.2) is 13.6 Å². The highest BCUT2D eigenvalue weighted by Crippen LogP contribution is 2.49. The number of carboxylic acid groups (broad SMARTS) is 1. The largest absolute Gasteiger partial charge is 0.465 e. The molecule has 2 atom stereocenters. The molecule has 1 aliphatic heterocycles. The highest BCUT2D eigenvalue weighted by Gasteiger charge is 2.55. The molecule has 23 heavy (non-hydrogen) atoms. The van der Waals surface area contributed by atoms with Crippen molar-refractivity contribution in [3.63, 3.8) is 0 Å².